The number of nitrogens with zero attached hydrogens (tertiary/aromatic N) is 3. The third kappa shape index (κ3) is 6.86. The van der Waals surface area contributed by atoms with Crippen LogP contribution in [0.15, 0.2) is 193 Å². The number of aromatic nitrogens is 2. The summed E-state index contributed by atoms with van der Waals surface area (Å²) in [4.78, 5) is 15.2. The first-order valence-corrected chi connectivity index (χ1v) is 17.9. The van der Waals surface area contributed by atoms with Gasteiger partial charge in [0.2, 0.25) is 0 Å². The highest BCUT2D eigenvalue weighted by molar-refractivity contribution is 6.26. The number of nitrogens with one attached hydrogen (secondary N) is 1. The van der Waals surface area contributed by atoms with E-state index in [9.17, 15) is 0 Å². The molecule has 8 aromatic carbocycles. The minimum Gasteiger partial charge on any atom is -0.383 e. The Morgan fingerprint density at radius 2 is 1.04 bits per heavy atom. The summed E-state index contributed by atoms with van der Waals surface area (Å²) in [6, 6.07) is 63.1. The number of benzene rings is 8. The van der Waals surface area contributed by atoms with Crippen molar-refractivity contribution in [1.29, 1.82) is 5.41 Å². The van der Waals surface area contributed by atoms with E-state index in [1.54, 1.807) is 0 Å². The molecule has 0 unspecified atom stereocenters. The van der Waals surface area contributed by atoms with Crippen LogP contribution in [-0.2, 0) is 0 Å². The van der Waals surface area contributed by atoms with E-state index in [1.165, 1.54) is 5.56 Å². The zero-order valence-corrected chi connectivity index (χ0v) is 29.8. The first-order chi connectivity index (χ1) is 26.5. The van der Waals surface area contributed by atoms with Gasteiger partial charge in [-0.3, -0.25) is 5.41 Å². The van der Waals surface area contributed by atoms with Gasteiger partial charge in [0.05, 0.1) is 11.4 Å². The Kier molecular flexibility index (Phi) is 9.51. The molecule has 3 N–H and O–H groups in total. The zero-order chi connectivity index (χ0) is 36.9. The lowest BCUT2D eigenvalue weighted by Gasteiger charge is -2.18. The number of hydrogen-bond donors (Lipinski definition) is 2. The summed E-state index contributed by atoms with van der Waals surface area (Å²) in [5.41, 5.74) is 14.0. The monoisotopic (exact) mass is 695 g/mol. The van der Waals surface area contributed by atoms with E-state index in [1.807, 2.05) is 91.0 Å². The molecule has 0 aliphatic carbocycles. The molecule has 1 heterocycles. The van der Waals surface area contributed by atoms with Crippen LogP contribution in [-0.4, -0.2) is 21.6 Å². The summed E-state index contributed by atoms with van der Waals surface area (Å²) in [7, 11) is 0. The van der Waals surface area contributed by atoms with Crippen molar-refractivity contribution in [2.75, 3.05) is 0 Å². The van der Waals surface area contributed by atoms with E-state index < -0.39 is 0 Å². The fourth-order valence-corrected chi connectivity index (χ4v) is 6.91. The van der Waals surface area contributed by atoms with E-state index in [4.69, 9.17) is 21.1 Å². The highest BCUT2D eigenvalue weighted by Crippen LogP contribution is 2.40. The topological polar surface area (TPSA) is 88.0 Å². The Bertz CT molecular complexity index is 2790. The molecule has 9 rings (SSSR count). The average Bonchev–Trinajstić information content (AvgIpc) is 3.24. The summed E-state index contributed by atoms with van der Waals surface area (Å²) in [5.74, 6) is 0.855. The summed E-state index contributed by atoms with van der Waals surface area (Å²) in [6.45, 7) is 2.08. The minimum atomic E-state index is 0.0849. The van der Waals surface area contributed by atoms with E-state index in [0.717, 1.165) is 60.4 Å². The van der Waals surface area contributed by atoms with Gasteiger partial charge in [0, 0.05) is 27.8 Å². The molecule has 9 aromatic rings. The average molecular weight is 696 g/mol. The quantitative estimate of drug-likeness (QED) is 0.107. The molecule has 54 heavy (non-hydrogen) atoms. The van der Waals surface area contributed by atoms with E-state index in [2.05, 4.69) is 109 Å². The number of nitrogens with two attached hydrogens (primary N) is 1. The van der Waals surface area contributed by atoms with Crippen LogP contribution in [0.1, 0.15) is 16.7 Å². The third-order valence-corrected chi connectivity index (χ3v) is 9.49. The van der Waals surface area contributed by atoms with Crippen LogP contribution in [0, 0.1) is 12.3 Å². The molecule has 1 aromatic heterocycles. The van der Waals surface area contributed by atoms with Crippen LogP contribution in [0.4, 0.5) is 0 Å². The van der Waals surface area contributed by atoms with Crippen molar-refractivity contribution < 1.29 is 0 Å². The molecule has 258 valence electrons. The van der Waals surface area contributed by atoms with Crippen molar-refractivity contribution in [3.63, 3.8) is 0 Å². The molecule has 0 aliphatic rings. The standard InChI is InChI=1S/C42H29N5.C7H8/c43-40(29-17-5-2-6-18-29)47-41(44)38-34-23-11-9-21-31(34)32-22-10-12-24-35(32)39(38)42-45-36(28-15-3-1-4-16-28)26-37(46-42)33-25-13-19-27-14-7-8-20-30(27)33;1-7-5-3-2-4-6-7/h1-26H,(H3,43,44,47);2-6H,1H3. The number of fused-ring (bicyclic) bond motifs is 4. The Morgan fingerprint density at radius 3 is 1.70 bits per heavy atom. The molecule has 0 saturated carbocycles. The molecule has 0 aliphatic heterocycles. The summed E-state index contributed by atoms with van der Waals surface area (Å²) >= 11 is 0. The van der Waals surface area contributed by atoms with Crippen LogP contribution < -0.4 is 5.73 Å². The second-order valence-electron chi connectivity index (χ2n) is 13.1. The predicted octanol–water partition coefficient (Wildman–Crippen LogP) is 11.7. The van der Waals surface area contributed by atoms with Gasteiger partial charge in [0.25, 0.3) is 0 Å². The van der Waals surface area contributed by atoms with E-state index >= 15 is 0 Å². The maximum atomic E-state index is 8.83. The lowest BCUT2D eigenvalue weighted by molar-refractivity contribution is 1.19. The minimum absolute atomic E-state index is 0.0849. The molecule has 0 bridgehead atoms. The van der Waals surface area contributed by atoms with E-state index in [-0.39, 0.29) is 11.7 Å². The van der Waals surface area contributed by atoms with Crippen molar-refractivity contribution >= 4 is 44.0 Å². The largest absolute Gasteiger partial charge is 0.383 e. The van der Waals surface area contributed by atoms with Gasteiger partial charge in [-0.1, -0.05) is 188 Å². The van der Waals surface area contributed by atoms with Gasteiger partial charge in [0.1, 0.15) is 5.84 Å². The van der Waals surface area contributed by atoms with Gasteiger partial charge in [-0.25, -0.2) is 15.0 Å². The summed E-state index contributed by atoms with van der Waals surface area (Å²) < 4.78 is 0. The highest BCUT2D eigenvalue weighted by Gasteiger charge is 2.22. The summed E-state index contributed by atoms with van der Waals surface area (Å²) in [6.07, 6.45) is 0. The smallest absolute Gasteiger partial charge is 0.161 e. The first-order valence-electron chi connectivity index (χ1n) is 17.9. The molecule has 5 nitrogen and oxygen atoms in total. The third-order valence-electron chi connectivity index (χ3n) is 9.49. The number of aliphatic imine (C=N–C) groups is 1. The summed E-state index contributed by atoms with van der Waals surface area (Å²) in [5, 5.41) is 15.1. The Labute approximate surface area is 314 Å². The predicted molar refractivity (Wildman–Crippen MR) is 226 cm³/mol. The fraction of sp³-hybridized carbons (Fsp3) is 0.0204. The highest BCUT2D eigenvalue weighted by atomic mass is 14.9. The first kappa shape index (κ1) is 33.9. The molecule has 0 fully saturated rings. The van der Waals surface area contributed by atoms with Crippen molar-refractivity contribution in [3.05, 3.63) is 205 Å². The van der Waals surface area contributed by atoms with Crippen LogP contribution in [0.3, 0.4) is 0 Å². The Morgan fingerprint density at radius 1 is 0.519 bits per heavy atom. The van der Waals surface area contributed by atoms with Crippen LogP contribution in [0.5, 0.6) is 0 Å². The SMILES string of the molecule is Cc1ccccc1.N=C(N=C(N)c1c(-c2nc(-c3ccccc3)cc(-c3cccc4ccccc34)n2)c2ccccc2c2ccccc12)c1ccccc1. The van der Waals surface area contributed by atoms with Gasteiger partial charge < -0.3 is 5.73 Å². The van der Waals surface area contributed by atoms with Gasteiger partial charge >= 0.3 is 0 Å². The Balaban J connectivity index is 0.000000533. The molecule has 5 heteroatoms. The van der Waals surface area contributed by atoms with Crippen LogP contribution in [0.25, 0.3) is 66.2 Å². The maximum absolute atomic E-state index is 8.83. The molecule has 0 saturated heterocycles. The molecule has 0 spiro atoms. The van der Waals surface area contributed by atoms with Crippen molar-refractivity contribution in [3.8, 4) is 33.9 Å². The normalized spacial score (nSPS) is 11.3. The molecule has 0 atom stereocenters. The number of hydrogen-bond acceptors (Lipinski definition) is 3. The second kappa shape index (κ2) is 15.2. The molecule has 0 radical (unpaired) electrons. The van der Waals surface area contributed by atoms with Crippen LogP contribution >= 0.6 is 0 Å². The Hall–Kier alpha value is -7.24. The lowest BCUT2D eigenvalue weighted by atomic mass is 9.90. The number of aryl methyl sites for hydroxylation is 1. The number of amidine groups is 2. The van der Waals surface area contributed by atoms with Crippen molar-refractivity contribution in [2.24, 2.45) is 10.7 Å². The van der Waals surface area contributed by atoms with Crippen molar-refractivity contribution in [2.45, 2.75) is 6.92 Å². The van der Waals surface area contributed by atoms with E-state index in [0.29, 0.717) is 17.0 Å². The van der Waals surface area contributed by atoms with Gasteiger partial charge in [0.15, 0.2) is 11.7 Å². The van der Waals surface area contributed by atoms with Crippen molar-refractivity contribution in [1.82, 2.24) is 9.97 Å². The molecular weight excluding hydrogens is 659 g/mol. The molecular formula is C49H37N5. The fourth-order valence-electron chi connectivity index (χ4n) is 6.91. The lowest BCUT2D eigenvalue weighted by Crippen LogP contribution is -2.18. The molecule has 0 amide bonds. The van der Waals surface area contributed by atoms with Crippen LogP contribution in [0.2, 0.25) is 0 Å². The zero-order valence-electron chi connectivity index (χ0n) is 29.8. The van der Waals surface area contributed by atoms with Gasteiger partial charge in [-0.2, -0.15) is 0 Å². The number of rotatable bonds is 5. The van der Waals surface area contributed by atoms with Gasteiger partial charge in [-0.15, -0.1) is 0 Å². The maximum Gasteiger partial charge on any atom is 0.161 e. The second-order valence-corrected chi connectivity index (χ2v) is 13.1. The van der Waals surface area contributed by atoms with Gasteiger partial charge in [-0.05, 0) is 45.3 Å².